The van der Waals surface area contributed by atoms with Gasteiger partial charge >= 0.3 is 0 Å². The van der Waals surface area contributed by atoms with Crippen molar-refractivity contribution in [3.05, 3.63) is 66.7 Å². The molecule has 0 aliphatic carbocycles. The molecule has 0 heterocycles. The van der Waals surface area contributed by atoms with Gasteiger partial charge in [-0.3, -0.25) is 4.99 Å². The van der Waals surface area contributed by atoms with Crippen LogP contribution < -0.4 is 11.1 Å². The summed E-state index contributed by atoms with van der Waals surface area (Å²) in [5.41, 5.74) is 6.85. The van der Waals surface area contributed by atoms with Gasteiger partial charge in [-0.2, -0.15) is 0 Å². The maximum absolute atomic E-state index is 5.87. The second-order valence-electron chi connectivity index (χ2n) is 5.62. The van der Waals surface area contributed by atoms with Gasteiger partial charge in [0.05, 0.1) is 0 Å². The van der Waals surface area contributed by atoms with E-state index >= 15 is 0 Å². The van der Waals surface area contributed by atoms with E-state index in [1.165, 1.54) is 32.3 Å². The number of aliphatic imine (C=N–C) groups is 1. The molecule has 0 spiro atoms. The van der Waals surface area contributed by atoms with Gasteiger partial charge in [-0.15, -0.1) is 0 Å². The molecule has 0 saturated carbocycles. The lowest BCUT2D eigenvalue weighted by atomic mass is 9.97. The van der Waals surface area contributed by atoms with Gasteiger partial charge < -0.3 is 11.1 Å². The standard InChI is InChI=1S/C20H17N3/c1-22-20(21)23-18-8-4-7-13-9-10-16-11-14-5-2-3-6-15(14)12-17(16)19(13)18/h2-12H,1H3,(H3,21,22,23). The summed E-state index contributed by atoms with van der Waals surface area (Å²) < 4.78 is 0. The molecule has 3 nitrogen and oxygen atoms in total. The summed E-state index contributed by atoms with van der Waals surface area (Å²) in [6.07, 6.45) is 0. The summed E-state index contributed by atoms with van der Waals surface area (Å²) in [4.78, 5) is 4.00. The largest absolute Gasteiger partial charge is 0.370 e. The molecule has 4 rings (SSSR count). The van der Waals surface area contributed by atoms with Gasteiger partial charge in [-0.1, -0.05) is 48.5 Å². The Morgan fingerprint density at radius 3 is 2.30 bits per heavy atom. The van der Waals surface area contributed by atoms with Crippen LogP contribution in [0.4, 0.5) is 5.69 Å². The number of nitrogens with zero attached hydrogens (tertiary/aromatic N) is 1. The lowest BCUT2D eigenvalue weighted by Crippen LogP contribution is -2.22. The van der Waals surface area contributed by atoms with Gasteiger partial charge in [0.2, 0.25) is 0 Å². The molecule has 0 atom stereocenters. The van der Waals surface area contributed by atoms with Crippen LogP contribution in [-0.2, 0) is 0 Å². The Bertz CT molecular complexity index is 1060. The van der Waals surface area contributed by atoms with Crippen molar-refractivity contribution in [1.29, 1.82) is 0 Å². The van der Waals surface area contributed by atoms with Crippen molar-refractivity contribution in [3.8, 4) is 0 Å². The monoisotopic (exact) mass is 299 g/mol. The molecule has 0 saturated heterocycles. The van der Waals surface area contributed by atoms with Crippen molar-refractivity contribution >= 4 is 44.0 Å². The average molecular weight is 299 g/mol. The summed E-state index contributed by atoms with van der Waals surface area (Å²) in [5.74, 6) is 0.412. The predicted octanol–water partition coefficient (Wildman–Crippen LogP) is 4.50. The van der Waals surface area contributed by atoms with Crippen LogP contribution in [0.3, 0.4) is 0 Å². The highest BCUT2D eigenvalue weighted by Crippen LogP contribution is 2.33. The molecule has 0 bridgehead atoms. The van der Waals surface area contributed by atoms with Crippen LogP contribution in [0, 0.1) is 0 Å². The maximum Gasteiger partial charge on any atom is 0.192 e. The van der Waals surface area contributed by atoms with E-state index in [4.69, 9.17) is 5.73 Å². The van der Waals surface area contributed by atoms with Gasteiger partial charge in [0, 0.05) is 18.1 Å². The highest BCUT2D eigenvalue weighted by molar-refractivity contribution is 6.18. The molecule has 112 valence electrons. The highest BCUT2D eigenvalue weighted by atomic mass is 15.1. The molecule has 0 radical (unpaired) electrons. The van der Waals surface area contributed by atoms with E-state index in [1.54, 1.807) is 7.05 Å². The smallest absolute Gasteiger partial charge is 0.192 e. The zero-order chi connectivity index (χ0) is 15.8. The molecule has 0 unspecified atom stereocenters. The van der Waals surface area contributed by atoms with Crippen molar-refractivity contribution in [2.75, 3.05) is 12.4 Å². The van der Waals surface area contributed by atoms with Crippen LogP contribution in [0.5, 0.6) is 0 Å². The van der Waals surface area contributed by atoms with E-state index < -0.39 is 0 Å². The number of benzene rings is 4. The summed E-state index contributed by atoms with van der Waals surface area (Å²) in [6.45, 7) is 0. The Kier molecular flexibility index (Phi) is 3.12. The van der Waals surface area contributed by atoms with Gasteiger partial charge in [0.25, 0.3) is 0 Å². The number of rotatable bonds is 1. The second kappa shape index (κ2) is 5.29. The lowest BCUT2D eigenvalue weighted by molar-refractivity contribution is 1.38. The van der Waals surface area contributed by atoms with E-state index in [9.17, 15) is 0 Å². The molecule has 0 fully saturated rings. The van der Waals surface area contributed by atoms with Gasteiger partial charge in [-0.25, -0.2) is 0 Å². The molecular formula is C20H17N3. The minimum absolute atomic E-state index is 0.412. The SMILES string of the molecule is CN=C(N)Nc1cccc2ccc3cc4ccccc4cc3c12. The number of nitrogens with one attached hydrogen (secondary N) is 1. The first kappa shape index (κ1) is 13.6. The normalized spacial score (nSPS) is 12.1. The molecule has 3 heteroatoms. The summed E-state index contributed by atoms with van der Waals surface area (Å²) in [6, 6.07) is 23.4. The number of fused-ring (bicyclic) bond motifs is 4. The Labute approximate surface area is 134 Å². The molecule has 3 N–H and O–H groups in total. The molecule has 23 heavy (non-hydrogen) atoms. The topological polar surface area (TPSA) is 50.4 Å². The summed E-state index contributed by atoms with van der Waals surface area (Å²) in [7, 11) is 1.68. The lowest BCUT2D eigenvalue weighted by Gasteiger charge is -2.12. The van der Waals surface area contributed by atoms with Gasteiger partial charge in [0.15, 0.2) is 5.96 Å². The Balaban J connectivity index is 2.11. The van der Waals surface area contributed by atoms with E-state index in [0.717, 1.165) is 5.69 Å². The molecule has 0 aliphatic rings. The molecule has 0 aromatic heterocycles. The Morgan fingerprint density at radius 2 is 1.52 bits per heavy atom. The van der Waals surface area contributed by atoms with E-state index in [1.807, 2.05) is 12.1 Å². The number of hydrogen-bond acceptors (Lipinski definition) is 1. The summed E-state index contributed by atoms with van der Waals surface area (Å²) in [5, 5.41) is 10.5. The minimum Gasteiger partial charge on any atom is -0.370 e. The van der Waals surface area contributed by atoms with Crippen molar-refractivity contribution in [3.63, 3.8) is 0 Å². The highest BCUT2D eigenvalue weighted by Gasteiger charge is 2.07. The van der Waals surface area contributed by atoms with Crippen molar-refractivity contribution in [1.82, 2.24) is 0 Å². The van der Waals surface area contributed by atoms with E-state index in [2.05, 4.69) is 64.9 Å². The van der Waals surface area contributed by atoms with E-state index in [-0.39, 0.29) is 0 Å². The van der Waals surface area contributed by atoms with Crippen LogP contribution in [0.25, 0.3) is 32.3 Å². The third kappa shape index (κ3) is 2.27. The molecule has 0 amide bonds. The van der Waals surface area contributed by atoms with Crippen molar-refractivity contribution in [2.24, 2.45) is 10.7 Å². The quantitative estimate of drug-likeness (QED) is 0.235. The predicted molar refractivity (Wildman–Crippen MR) is 100 cm³/mol. The summed E-state index contributed by atoms with van der Waals surface area (Å²) >= 11 is 0. The molecule has 4 aromatic rings. The maximum atomic E-state index is 5.87. The number of nitrogens with two attached hydrogens (primary N) is 1. The third-order valence-electron chi connectivity index (χ3n) is 4.23. The molecular weight excluding hydrogens is 282 g/mol. The van der Waals surface area contributed by atoms with Crippen LogP contribution >= 0.6 is 0 Å². The van der Waals surface area contributed by atoms with Crippen LogP contribution in [0.2, 0.25) is 0 Å². The number of guanidine groups is 1. The first-order valence-corrected chi connectivity index (χ1v) is 7.60. The van der Waals surface area contributed by atoms with Crippen molar-refractivity contribution in [2.45, 2.75) is 0 Å². The van der Waals surface area contributed by atoms with Crippen LogP contribution in [0.15, 0.2) is 71.7 Å². The second-order valence-corrected chi connectivity index (χ2v) is 5.62. The van der Waals surface area contributed by atoms with Crippen LogP contribution in [0.1, 0.15) is 0 Å². The van der Waals surface area contributed by atoms with Gasteiger partial charge in [0.1, 0.15) is 0 Å². The zero-order valence-electron chi connectivity index (χ0n) is 12.9. The fourth-order valence-corrected chi connectivity index (χ4v) is 3.10. The fraction of sp³-hybridized carbons (Fsp3) is 0.0500. The third-order valence-corrected chi connectivity index (χ3v) is 4.23. The Hall–Kier alpha value is -3.07. The first-order chi connectivity index (χ1) is 11.3. The van der Waals surface area contributed by atoms with Crippen LogP contribution in [-0.4, -0.2) is 13.0 Å². The molecule has 4 aromatic carbocycles. The fourth-order valence-electron chi connectivity index (χ4n) is 3.10. The zero-order valence-corrected chi connectivity index (χ0v) is 12.9. The number of hydrogen-bond donors (Lipinski definition) is 2. The van der Waals surface area contributed by atoms with E-state index in [0.29, 0.717) is 5.96 Å². The number of anilines is 1. The van der Waals surface area contributed by atoms with Gasteiger partial charge in [-0.05, 0) is 45.1 Å². The Morgan fingerprint density at radius 1 is 0.826 bits per heavy atom. The minimum atomic E-state index is 0.412. The molecule has 0 aliphatic heterocycles. The first-order valence-electron chi connectivity index (χ1n) is 7.60. The average Bonchev–Trinajstić information content (AvgIpc) is 2.59. The van der Waals surface area contributed by atoms with Crippen molar-refractivity contribution < 1.29 is 0 Å².